The first-order chi connectivity index (χ1) is 44.5. The molecule has 0 bridgehead atoms. The Morgan fingerprint density at radius 1 is 0.720 bits per heavy atom. The van der Waals surface area contributed by atoms with Crippen LogP contribution in [0.25, 0.3) is 11.2 Å². The molecule has 18 atom stereocenters. The number of carbonyl (C=O) groups is 4. The first kappa shape index (κ1) is 68.8. The summed E-state index contributed by atoms with van der Waals surface area (Å²) in [5.41, 5.74) is 15.9. The average molecular weight is 1370 g/mol. The number of nitrogens with one attached hydrogen (secondary N) is 4. The van der Waals surface area contributed by atoms with Crippen molar-refractivity contribution in [3.05, 3.63) is 94.0 Å². The molecular formula is C53H71N15O22P2S. The number of nitrogen functional groups attached to an aromatic ring is 3. The quantitative estimate of drug-likeness (QED) is 0.00770. The monoisotopic (exact) mass is 1370 g/mol. The fraction of sp³-hybridized carbons (Fsp3) is 0.566. The Bertz CT molecular complexity index is 3690. The van der Waals surface area contributed by atoms with E-state index >= 15 is 0 Å². The lowest BCUT2D eigenvalue weighted by atomic mass is 10.0. The van der Waals surface area contributed by atoms with Gasteiger partial charge in [-0.15, -0.1) is 0 Å². The minimum atomic E-state index is -5.63. The van der Waals surface area contributed by atoms with Gasteiger partial charge in [0, 0.05) is 49.2 Å². The molecule has 5 aliphatic heterocycles. The number of thioether (sulfide) groups is 1. The van der Waals surface area contributed by atoms with Gasteiger partial charge in [-0.05, 0) is 43.4 Å². The fourth-order valence-electron chi connectivity index (χ4n) is 11.4. The van der Waals surface area contributed by atoms with E-state index in [0.717, 1.165) is 47.9 Å². The minimum absolute atomic E-state index is 0.0309. The Labute approximate surface area is 531 Å². The fourth-order valence-corrected chi connectivity index (χ4v) is 14.8. The summed E-state index contributed by atoms with van der Waals surface area (Å²) in [6, 6.07) is 9.59. The van der Waals surface area contributed by atoms with E-state index in [1.807, 2.05) is 11.8 Å². The van der Waals surface area contributed by atoms with Crippen molar-refractivity contribution in [1.82, 2.24) is 59.9 Å². The zero-order chi connectivity index (χ0) is 66.3. The third-order valence-electron chi connectivity index (χ3n) is 16.0. The Morgan fingerprint density at radius 3 is 1.94 bits per heavy atom. The van der Waals surface area contributed by atoms with Gasteiger partial charge in [0.25, 0.3) is 0 Å². The number of phosphoric ester groups is 2. The number of ether oxygens (including phenoxy) is 4. The van der Waals surface area contributed by atoms with E-state index in [-0.39, 0.29) is 65.5 Å². The number of imidazole rings is 1. The number of phosphoric acid groups is 2. The molecule has 1 aromatic carbocycles. The van der Waals surface area contributed by atoms with Crippen LogP contribution in [-0.2, 0) is 67.0 Å². The third-order valence-corrected chi connectivity index (χ3v) is 19.5. The predicted octanol–water partition coefficient (Wildman–Crippen LogP) is -2.10. The number of anilines is 3. The number of unbranched alkanes of at least 4 members (excludes halogenated alkanes) is 3. The maximum Gasteiger partial charge on any atom is 0.472 e. The molecule has 37 nitrogen and oxygen atoms in total. The molecule has 5 saturated heterocycles. The van der Waals surface area contributed by atoms with Crippen LogP contribution < -0.4 is 49.8 Å². The topological polar surface area (TPSA) is 537 Å². The molecule has 4 amide bonds. The number of benzene rings is 1. The molecule has 9 heterocycles. The third kappa shape index (κ3) is 16.7. The van der Waals surface area contributed by atoms with Gasteiger partial charge in [0.05, 0.1) is 38.2 Å². The van der Waals surface area contributed by atoms with E-state index < -0.39 is 138 Å². The number of carbonyl (C=O) groups excluding carboxylic acids is 4. The second-order valence-electron chi connectivity index (χ2n) is 22.4. The van der Waals surface area contributed by atoms with Crippen molar-refractivity contribution < 1.29 is 95.6 Å². The van der Waals surface area contributed by atoms with Crippen molar-refractivity contribution >= 4 is 79.8 Å². The van der Waals surface area contributed by atoms with Crippen LogP contribution in [0.4, 0.5) is 22.2 Å². The summed E-state index contributed by atoms with van der Waals surface area (Å²) < 4.78 is 75.4. The molecule has 10 rings (SSSR count). The number of aliphatic hydroxyl groups excluding tert-OH is 4. The van der Waals surface area contributed by atoms with Gasteiger partial charge >= 0.3 is 39.0 Å². The summed E-state index contributed by atoms with van der Waals surface area (Å²) in [5.74, 6) is -1.33. The lowest BCUT2D eigenvalue weighted by Crippen LogP contribution is -2.47. The molecule has 4 aromatic heterocycles. The summed E-state index contributed by atoms with van der Waals surface area (Å²) in [4.78, 5) is 120. The highest BCUT2D eigenvalue weighted by Crippen LogP contribution is 2.52. The zero-order valence-corrected chi connectivity index (χ0v) is 51.9. The lowest BCUT2D eigenvalue weighted by Gasteiger charge is -2.26. The first-order valence-electron chi connectivity index (χ1n) is 29.5. The number of amides is 4. The summed E-state index contributed by atoms with van der Waals surface area (Å²) in [6.45, 7) is -2.77. The first-order valence-corrected chi connectivity index (χ1v) is 33.5. The van der Waals surface area contributed by atoms with Crippen LogP contribution in [0.3, 0.4) is 0 Å². The van der Waals surface area contributed by atoms with Gasteiger partial charge in [0.2, 0.25) is 11.8 Å². The number of nitrogens with zero attached hydrogens (tertiary/aromatic N) is 8. The number of rotatable bonds is 30. The SMILES string of the molecule is Nc1ncnc2c1ncn2[C@@H]1O[C@H](COP(=O)(O)O[C@H]2[C@@H](O)[C@H](n3ccc([15NH2])[15n]c3=O)O[C@@H]2COP(=O)(O)O[C@H]2[C@@H](O)[C@H](n3ccc([15NH2])[15n]c3=O)O[C@@H]2CO)[C@@H](OC(=O)[C@H](Cc2ccccc2)NC(=O)CCCCCNC(=O)CCCC[C@@H]2SC[C@@H]3NC(=O)N[C@@H]32)[C@H]1O. The van der Waals surface area contributed by atoms with Crippen LogP contribution in [0.1, 0.15) is 75.6 Å². The molecule has 5 fully saturated rings. The van der Waals surface area contributed by atoms with Crippen molar-refractivity contribution in [2.45, 2.75) is 155 Å². The Balaban J connectivity index is 0.791. The number of hydrogen-bond donors (Lipinski definition) is 13. The van der Waals surface area contributed by atoms with E-state index in [2.05, 4.69) is 46.2 Å². The maximum atomic E-state index is 14.5. The summed E-state index contributed by atoms with van der Waals surface area (Å²) >= 11 is 1.82. The molecule has 2 unspecified atom stereocenters. The number of aliphatic hydroxyl groups is 4. The summed E-state index contributed by atoms with van der Waals surface area (Å²) in [7, 11) is -11.1. The number of aromatic nitrogens is 8. The molecule has 5 aliphatic rings. The van der Waals surface area contributed by atoms with Crippen molar-refractivity contribution in [2.75, 3.05) is 49.3 Å². The number of esters is 1. The van der Waals surface area contributed by atoms with E-state index in [1.165, 1.54) is 17.0 Å². The average Bonchev–Trinajstić information content (AvgIpc) is 1.65. The Hall–Kier alpha value is -7.10. The van der Waals surface area contributed by atoms with Crippen molar-refractivity contribution in [3.8, 4) is 0 Å². The van der Waals surface area contributed by atoms with E-state index in [1.54, 1.807) is 30.3 Å². The van der Waals surface area contributed by atoms with Crippen LogP contribution in [0.2, 0.25) is 0 Å². The zero-order valence-electron chi connectivity index (χ0n) is 49.3. The number of hydrogen-bond acceptors (Lipinski definition) is 29. The van der Waals surface area contributed by atoms with Crippen molar-refractivity contribution in [3.63, 3.8) is 0 Å². The lowest BCUT2D eigenvalue weighted by molar-refractivity contribution is -0.160. The van der Waals surface area contributed by atoms with Crippen LogP contribution in [0, 0.1) is 0 Å². The smallest absolute Gasteiger partial charge is 0.455 e. The highest BCUT2D eigenvalue weighted by Gasteiger charge is 2.54. The summed E-state index contributed by atoms with van der Waals surface area (Å²) in [6.07, 6.45) is -13.3. The van der Waals surface area contributed by atoms with E-state index in [0.29, 0.717) is 54.0 Å². The second-order valence-corrected chi connectivity index (χ2v) is 26.5. The molecule has 40 heteroatoms. The van der Waals surface area contributed by atoms with E-state index in [9.17, 15) is 68.1 Å². The summed E-state index contributed by atoms with van der Waals surface area (Å²) in [5, 5.41) is 56.7. The van der Waals surface area contributed by atoms with Crippen LogP contribution in [0.15, 0.2) is 77.1 Å². The highest BCUT2D eigenvalue weighted by atomic mass is 32.2. The van der Waals surface area contributed by atoms with Gasteiger partial charge in [-0.1, -0.05) is 43.2 Å². The molecular weight excluding hydrogens is 1300 g/mol. The molecule has 93 heavy (non-hydrogen) atoms. The van der Waals surface area contributed by atoms with Crippen LogP contribution in [0.5, 0.6) is 0 Å². The van der Waals surface area contributed by atoms with Crippen LogP contribution in [-0.4, -0.2) is 203 Å². The van der Waals surface area contributed by atoms with Gasteiger partial charge in [-0.2, -0.15) is 21.7 Å². The minimum Gasteiger partial charge on any atom is -0.455 e. The normalized spacial score (nSPS) is 29.1. The largest absolute Gasteiger partial charge is 0.472 e. The van der Waals surface area contributed by atoms with Gasteiger partial charge in [-0.25, -0.2) is 43.3 Å². The van der Waals surface area contributed by atoms with Gasteiger partial charge in [-0.3, -0.25) is 41.4 Å². The maximum absolute atomic E-state index is 14.5. The van der Waals surface area contributed by atoms with Crippen LogP contribution >= 0.6 is 27.4 Å². The number of nitrogens with two attached hydrogens (primary N) is 3. The number of fused-ring (bicyclic) bond motifs is 2. The van der Waals surface area contributed by atoms with Crippen molar-refractivity contribution in [2.24, 2.45) is 0 Å². The van der Waals surface area contributed by atoms with Crippen molar-refractivity contribution in [1.29, 1.82) is 0 Å². The Morgan fingerprint density at radius 2 is 1.30 bits per heavy atom. The number of urea groups is 1. The van der Waals surface area contributed by atoms with Gasteiger partial charge in [0.15, 0.2) is 36.3 Å². The molecule has 0 aliphatic carbocycles. The second kappa shape index (κ2) is 30.1. The molecule has 0 saturated carbocycles. The van der Waals surface area contributed by atoms with E-state index in [4.69, 9.17) is 54.2 Å². The molecule has 16 N–H and O–H groups in total. The molecule has 5 aromatic rings. The standard InChI is InChI=1S/C53H71N15O22P2S/c54-33-14-17-66(52(77)63-33)47-40(73)43(29(20-69)85-47)89-91(79,80)84-22-31-44(41(74)48(87-31)67-18-15-34(55)64-53(67)78)90-92(81,82)83-21-30-42(39(72)49(86-30)68-25-60-38-45(56)58-24-59-46(38)68)88-50(75)27(19-26-9-3-1-4-10-26)61-36(71)13-5-2-8-16-57-35(70)12-7-6-11-32-37-28(23-93-32)62-51(76)65-37/h1,3-4,9-10,14-15,17-18,24-25,27-32,37,39-44,47-49,69,72-74H,2,5-8,11-13,16,19-23H2,(H,57,70)(H,61,71)(H,79,80)(H,81,82)(H2,54,63,77)(H2,55,64,78)(H2,56,58,59)(H2,62,65,76)/t27-,28-,29+,30+,31+,32-,37-,39+,40+,41+,42+,43+,44+,47+,48+,49+/m0/s1/i54+1,55+1,63+1,64+1. The van der Waals surface area contributed by atoms with Gasteiger partial charge < -0.3 is 87.6 Å². The molecule has 0 radical (unpaired) electrons. The van der Waals surface area contributed by atoms with Gasteiger partial charge in [0.1, 0.15) is 78.4 Å². The molecule has 506 valence electrons. The molecule has 0 spiro atoms. The Kier molecular flexibility index (Phi) is 22.3. The predicted molar refractivity (Wildman–Crippen MR) is 321 cm³/mol. The highest BCUT2D eigenvalue weighted by molar-refractivity contribution is 8.00.